The lowest BCUT2D eigenvalue weighted by atomic mass is 10.00. The first-order valence-corrected chi connectivity index (χ1v) is 7.15. The molecule has 20 heavy (non-hydrogen) atoms. The number of fused-ring (bicyclic) bond motifs is 1. The van der Waals surface area contributed by atoms with Gasteiger partial charge in [0.25, 0.3) is 0 Å². The van der Waals surface area contributed by atoms with E-state index < -0.39 is 6.10 Å². The fourth-order valence-corrected chi connectivity index (χ4v) is 2.49. The predicted octanol–water partition coefficient (Wildman–Crippen LogP) is 3.67. The van der Waals surface area contributed by atoms with Gasteiger partial charge < -0.3 is 5.11 Å². The van der Waals surface area contributed by atoms with Crippen molar-refractivity contribution in [1.82, 2.24) is 9.97 Å². The largest absolute Gasteiger partial charge is 0.388 e. The highest BCUT2D eigenvalue weighted by Crippen LogP contribution is 2.25. The monoisotopic (exact) mass is 328 g/mol. The van der Waals surface area contributed by atoms with Crippen LogP contribution >= 0.6 is 15.9 Å². The molecule has 0 saturated heterocycles. The number of benzene rings is 1. The number of hydrogen-bond acceptors (Lipinski definition) is 3. The Hall–Kier alpha value is -1.78. The molecule has 1 atom stereocenters. The molecule has 2 heterocycles. The number of aromatic nitrogens is 2. The molecule has 100 valence electrons. The number of rotatable bonds is 3. The number of nitrogens with zero attached hydrogens (tertiary/aromatic N) is 2. The van der Waals surface area contributed by atoms with Gasteiger partial charge >= 0.3 is 0 Å². The van der Waals surface area contributed by atoms with Crippen molar-refractivity contribution in [3.8, 4) is 0 Å². The first kappa shape index (κ1) is 13.2. The van der Waals surface area contributed by atoms with Crippen molar-refractivity contribution in [2.75, 3.05) is 0 Å². The summed E-state index contributed by atoms with van der Waals surface area (Å²) in [5, 5.41) is 11.4. The van der Waals surface area contributed by atoms with E-state index in [2.05, 4.69) is 25.9 Å². The highest BCUT2D eigenvalue weighted by molar-refractivity contribution is 9.10. The Morgan fingerprint density at radius 1 is 1.05 bits per heavy atom. The van der Waals surface area contributed by atoms with E-state index in [0.29, 0.717) is 6.42 Å². The maximum absolute atomic E-state index is 10.5. The molecule has 3 aromatic rings. The van der Waals surface area contributed by atoms with E-state index in [4.69, 9.17) is 0 Å². The standard InChI is InChI=1S/C16H13BrN2O/c17-11-6-7-12(19-10-11)9-16(20)14-3-1-5-15-13(14)4-2-8-18-15/h1-8,10,16,20H,9H2. The number of aliphatic hydroxyl groups is 1. The number of pyridine rings is 2. The molecule has 2 aromatic heterocycles. The van der Waals surface area contributed by atoms with Gasteiger partial charge in [-0.2, -0.15) is 0 Å². The van der Waals surface area contributed by atoms with Crippen molar-refractivity contribution in [2.45, 2.75) is 12.5 Å². The molecule has 1 unspecified atom stereocenters. The van der Waals surface area contributed by atoms with Crippen LogP contribution in [0.25, 0.3) is 10.9 Å². The Kier molecular flexibility index (Phi) is 3.76. The van der Waals surface area contributed by atoms with Crippen molar-refractivity contribution in [3.05, 3.63) is 70.6 Å². The van der Waals surface area contributed by atoms with Crippen LogP contribution < -0.4 is 0 Å². The van der Waals surface area contributed by atoms with Gasteiger partial charge in [0.2, 0.25) is 0 Å². The quantitative estimate of drug-likeness (QED) is 0.797. The van der Waals surface area contributed by atoms with Gasteiger partial charge in [0.15, 0.2) is 0 Å². The third-order valence-electron chi connectivity index (χ3n) is 3.23. The first-order valence-electron chi connectivity index (χ1n) is 6.36. The Bertz CT molecular complexity index is 723. The third-order valence-corrected chi connectivity index (χ3v) is 3.70. The van der Waals surface area contributed by atoms with E-state index in [1.807, 2.05) is 42.5 Å². The van der Waals surface area contributed by atoms with Crippen LogP contribution in [0.4, 0.5) is 0 Å². The average Bonchev–Trinajstić information content (AvgIpc) is 2.49. The molecule has 0 saturated carbocycles. The van der Waals surface area contributed by atoms with E-state index >= 15 is 0 Å². The fourth-order valence-electron chi connectivity index (χ4n) is 2.25. The molecular weight excluding hydrogens is 316 g/mol. The zero-order chi connectivity index (χ0) is 13.9. The highest BCUT2D eigenvalue weighted by atomic mass is 79.9. The van der Waals surface area contributed by atoms with Crippen molar-refractivity contribution in [3.63, 3.8) is 0 Å². The highest BCUT2D eigenvalue weighted by Gasteiger charge is 2.12. The lowest BCUT2D eigenvalue weighted by molar-refractivity contribution is 0.179. The zero-order valence-corrected chi connectivity index (χ0v) is 12.3. The summed E-state index contributed by atoms with van der Waals surface area (Å²) in [6.45, 7) is 0. The van der Waals surface area contributed by atoms with Crippen molar-refractivity contribution < 1.29 is 5.11 Å². The van der Waals surface area contributed by atoms with Gasteiger partial charge in [0.05, 0.1) is 11.6 Å². The summed E-state index contributed by atoms with van der Waals surface area (Å²) in [6, 6.07) is 13.5. The van der Waals surface area contributed by atoms with E-state index in [9.17, 15) is 5.11 Å². The molecule has 0 radical (unpaired) electrons. The smallest absolute Gasteiger partial charge is 0.0852 e. The molecule has 3 rings (SSSR count). The van der Waals surface area contributed by atoms with E-state index in [1.165, 1.54) is 0 Å². The third kappa shape index (κ3) is 2.71. The molecule has 0 bridgehead atoms. The average molecular weight is 329 g/mol. The predicted molar refractivity (Wildman–Crippen MR) is 82.3 cm³/mol. The first-order chi connectivity index (χ1) is 9.74. The topological polar surface area (TPSA) is 46.0 Å². The molecule has 0 aliphatic heterocycles. The van der Waals surface area contributed by atoms with Crippen LogP contribution in [-0.2, 0) is 6.42 Å². The van der Waals surface area contributed by atoms with E-state index in [-0.39, 0.29) is 0 Å². The van der Waals surface area contributed by atoms with Gasteiger partial charge in [-0.25, -0.2) is 0 Å². The summed E-state index contributed by atoms with van der Waals surface area (Å²) in [7, 11) is 0. The summed E-state index contributed by atoms with van der Waals surface area (Å²) in [5.74, 6) is 0. The SMILES string of the molecule is OC(Cc1ccc(Br)cn1)c1cccc2ncccc12. The van der Waals surface area contributed by atoms with Crippen molar-refractivity contribution in [2.24, 2.45) is 0 Å². The molecule has 0 spiro atoms. The summed E-state index contributed by atoms with van der Waals surface area (Å²) in [5.41, 5.74) is 2.65. The maximum Gasteiger partial charge on any atom is 0.0852 e. The van der Waals surface area contributed by atoms with Crippen LogP contribution in [0.15, 0.2) is 59.3 Å². The Morgan fingerprint density at radius 2 is 1.95 bits per heavy atom. The lowest BCUT2D eigenvalue weighted by Gasteiger charge is -2.13. The van der Waals surface area contributed by atoms with Crippen LogP contribution in [0, 0.1) is 0 Å². The zero-order valence-electron chi connectivity index (χ0n) is 10.7. The number of hydrogen-bond donors (Lipinski definition) is 1. The van der Waals surface area contributed by atoms with Crippen LogP contribution in [0.1, 0.15) is 17.4 Å². The molecule has 0 aliphatic rings. The minimum atomic E-state index is -0.587. The fraction of sp³-hybridized carbons (Fsp3) is 0.125. The molecule has 3 nitrogen and oxygen atoms in total. The second-order valence-corrected chi connectivity index (χ2v) is 5.52. The molecule has 0 aliphatic carbocycles. The van der Waals surface area contributed by atoms with Crippen LogP contribution in [0.3, 0.4) is 0 Å². The number of aliphatic hydroxyl groups excluding tert-OH is 1. The van der Waals surface area contributed by atoms with Crippen LogP contribution in [-0.4, -0.2) is 15.1 Å². The normalized spacial score (nSPS) is 12.5. The summed E-state index contributed by atoms with van der Waals surface area (Å²) < 4.78 is 0.935. The minimum Gasteiger partial charge on any atom is -0.388 e. The van der Waals surface area contributed by atoms with Crippen LogP contribution in [0.5, 0.6) is 0 Å². The number of halogens is 1. The van der Waals surface area contributed by atoms with Gasteiger partial charge in [0, 0.05) is 34.4 Å². The van der Waals surface area contributed by atoms with Gasteiger partial charge in [-0.05, 0) is 45.8 Å². The van der Waals surface area contributed by atoms with Gasteiger partial charge in [-0.15, -0.1) is 0 Å². The van der Waals surface area contributed by atoms with Crippen LogP contribution in [0.2, 0.25) is 0 Å². The molecule has 1 N–H and O–H groups in total. The van der Waals surface area contributed by atoms with E-state index in [0.717, 1.165) is 26.6 Å². The molecule has 0 amide bonds. The lowest BCUT2D eigenvalue weighted by Crippen LogP contribution is -2.04. The van der Waals surface area contributed by atoms with Gasteiger partial charge in [-0.1, -0.05) is 18.2 Å². The summed E-state index contributed by atoms with van der Waals surface area (Å²) >= 11 is 3.36. The Balaban J connectivity index is 1.92. The molecule has 0 fully saturated rings. The van der Waals surface area contributed by atoms with Crippen molar-refractivity contribution >= 4 is 26.8 Å². The molecule has 4 heteroatoms. The summed E-state index contributed by atoms with van der Waals surface area (Å²) in [6.07, 6.45) is 3.40. The second-order valence-electron chi connectivity index (χ2n) is 4.61. The van der Waals surface area contributed by atoms with Gasteiger partial charge in [0.1, 0.15) is 0 Å². The van der Waals surface area contributed by atoms with Gasteiger partial charge in [-0.3, -0.25) is 9.97 Å². The second kappa shape index (κ2) is 5.69. The molecule has 1 aromatic carbocycles. The Labute approximate surface area is 125 Å². The van der Waals surface area contributed by atoms with Crippen molar-refractivity contribution in [1.29, 1.82) is 0 Å². The summed E-state index contributed by atoms with van der Waals surface area (Å²) in [4.78, 5) is 8.61. The molecular formula is C16H13BrN2O. The van der Waals surface area contributed by atoms with E-state index in [1.54, 1.807) is 12.4 Å². The maximum atomic E-state index is 10.5. The minimum absolute atomic E-state index is 0.487. The Morgan fingerprint density at radius 3 is 2.75 bits per heavy atom.